The highest BCUT2D eigenvalue weighted by Crippen LogP contribution is 2.25. The fourth-order valence-corrected chi connectivity index (χ4v) is 2.83. The molecule has 1 aromatic carbocycles. The van der Waals surface area contributed by atoms with Crippen molar-refractivity contribution in [2.24, 2.45) is 0 Å². The van der Waals surface area contributed by atoms with Crippen LogP contribution in [0.2, 0.25) is 0 Å². The van der Waals surface area contributed by atoms with Crippen LogP contribution in [0.5, 0.6) is 0 Å². The average molecular weight is 375 g/mol. The van der Waals surface area contributed by atoms with Crippen LogP contribution >= 0.6 is 31.9 Å². The number of halogens is 2. The molecular weight excluding hydrogens is 358 g/mol. The van der Waals surface area contributed by atoms with Gasteiger partial charge in [-0.2, -0.15) is 0 Å². The van der Waals surface area contributed by atoms with E-state index in [2.05, 4.69) is 31.9 Å². The minimum absolute atomic E-state index is 0.251. The number of hydrogen-bond acceptors (Lipinski definition) is 1. The summed E-state index contributed by atoms with van der Waals surface area (Å²) in [6, 6.07) is 8.47. The first kappa shape index (κ1) is 14.1. The number of rotatable bonds is 5. The third-order valence-electron chi connectivity index (χ3n) is 3.43. The van der Waals surface area contributed by atoms with E-state index >= 15 is 0 Å². The molecule has 1 aromatic rings. The third-order valence-corrected chi connectivity index (χ3v) is 4.31. The predicted octanol–water partition coefficient (Wildman–Crippen LogP) is 3.77. The zero-order valence-electron chi connectivity index (χ0n) is 10.2. The number of carbonyl (C=O) groups excluding carboxylic acids is 1. The highest BCUT2D eigenvalue weighted by molar-refractivity contribution is 9.10. The van der Waals surface area contributed by atoms with Crippen molar-refractivity contribution in [3.8, 4) is 0 Å². The second-order valence-electron chi connectivity index (χ2n) is 4.66. The number of alkyl halides is 1. The van der Waals surface area contributed by atoms with Crippen LogP contribution in [0.15, 0.2) is 28.7 Å². The maximum absolute atomic E-state index is 12.3. The molecule has 1 amide bonds. The van der Waals surface area contributed by atoms with Gasteiger partial charge in [0, 0.05) is 22.4 Å². The molecule has 0 aliphatic heterocycles. The lowest BCUT2D eigenvalue weighted by Gasteiger charge is -2.37. The molecule has 1 aliphatic rings. The molecule has 1 saturated carbocycles. The quantitative estimate of drug-likeness (QED) is 0.718. The molecule has 1 aliphatic carbocycles. The minimum atomic E-state index is 0.251. The van der Waals surface area contributed by atoms with Gasteiger partial charge in [0.2, 0.25) is 5.91 Å². The summed E-state index contributed by atoms with van der Waals surface area (Å²) in [6.07, 6.45) is 4.10. The number of hydrogen-bond donors (Lipinski definition) is 0. The molecule has 0 unspecified atom stereocenters. The second kappa shape index (κ2) is 6.71. The lowest BCUT2D eigenvalue weighted by atomic mass is 9.91. The van der Waals surface area contributed by atoms with Gasteiger partial charge in [-0.1, -0.05) is 44.0 Å². The van der Waals surface area contributed by atoms with Gasteiger partial charge in [-0.05, 0) is 37.0 Å². The van der Waals surface area contributed by atoms with E-state index in [-0.39, 0.29) is 5.91 Å². The zero-order valence-corrected chi connectivity index (χ0v) is 13.4. The van der Waals surface area contributed by atoms with Crippen molar-refractivity contribution in [2.45, 2.75) is 31.7 Å². The number of amides is 1. The summed E-state index contributed by atoms with van der Waals surface area (Å²) in [4.78, 5) is 14.4. The normalized spacial score (nSPS) is 15.2. The Morgan fingerprint density at radius 3 is 2.44 bits per heavy atom. The molecule has 1 fully saturated rings. The Morgan fingerprint density at radius 1 is 1.28 bits per heavy atom. The Kier molecular flexibility index (Phi) is 5.25. The molecule has 0 radical (unpaired) electrons. The van der Waals surface area contributed by atoms with Crippen LogP contribution in [0.1, 0.15) is 24.8 Å². The van der Waals surface area contributed by atoms with Crippen molar-refractivity contribution in [1.82, 2.24) is 4.90 Å². The van der Waals surface area contributed by atoms with Gasteiger partial charge < -0.3 is 4.90 Å². The summed E-state index contributed by atoms with van der Waals surface area (Å²) in [7, 11) is 0. The predicted molar refractivity (Wildman–Crippen MR) is 81.0 cm³/mol. The van der Waals surface area contributed by atoms with E-state index in [1.165, 1.54) is 19.3 Å². The van der Waals surface area contributed by atoms with E-state index in [9.17, 15) is 4.79 Å². The number of nitrogens with zero attached hydrogens (tertiary/aromatic N) is 1. The van der Waals surface area contributed by atoms with Gasteiger partial charge in [0.05, 0.1) is 6.42 Å². The van der Waals surface area contributed by atoms with Gasteiger partial charge in [0.1, 0.15) is 0 Å². The molecule has 0 atom stereocenters. The summed E-state index contributed by atoms with van der Waals surface area (Å²) in [5.74, 6) is 0.251. The summed E-state index contributed by atoms with van der Waals surface area (Å²) < 4.78 is 1.05. The molecule has 0 bridgehead atoms. The van der Waals surface area contributed by atoms with Crippen molar-refractivity contribution in [2.75, 3.05) is 11.9 Å². The Morgan fingerprint density at radius 2 is 1.94 bits per heavy atom. The molecule has 18 heavy (non-hydrogen) atoms. The Bertz CT molecular complexity index is 401. The number of carbonyl (C=O) groups is 1. The van der Waals surface area contributed by atoms with Gasteiger partial charge in [0.25, 0.3) is 0 Å². The van der Waals surface area contributed by atoms with E-state index in [4.69, 9.17) is 0 Å². The van der Waals surface area contributed by atoms with Crippen LogP contribution in [0.25, 0.3) is 0 Å². The Balaban J connectivity index is 1.97. The van der Waals surface area contributed by atoms with E-state index in [0.29, 0.717) is 12.5 Å². The highest BCUT2D eigenvalue weighted by atomic mass is 79.9. The monoisotopic (exact) mass is 373 g/mol. The lowest BCUT2D eigenvalue weighted by molar-refractivity contribution is -0.134. The lowest BCUT2D eigenvalue weighted by Crippen LogP contribution is -2.45. The average Bonchev–Trinajstić information content (AvgIpc) is 2.29. The van der Waals surface area contributed by atoms with Crippen molar-refractivity contribution < 1.29 is 4.79 Å². The smallest absolute Gasteiger partial charge is 0.227 e. The first-order chi connectivity index (χ1) is 8.70. The van der Waals surface area contributed by atoms with E-state index in [0.717, 1.165) is 21.9 Å². The van der Waals surface area contributed by atoms with Crippen LogP contribution in [0, 0.1) is 0 Å². The van der Waals surface area contributed by atoms with Crippen molar-refractivity contribution in [3.05, 3.63) is 34.3 Å². The molecule has 0 N–H and O–H groups in total. The standard InChI is InChI=1S/C14H17Br2NO/c15-8-9-17(13-2-1-3-13)14(18)10-11-4-6-12(16)7-5-11/h4-7,13H,1-3,8-10H2. The van der Waals surface area contributed by atoms with E-state index < -0.39 is 0 Å². The molecule has 0 aromatic heterocycles. The zero-order chi connectivity index (χ0) is 13.0. The molecular formula is C14H17Br2NO. The first-order valence-electron chi connectivity index (χ1n) is 6.30. The maximum Gasteiger partial charge on any atom is 0.227 e. The summed E-state index contributed by atoms with van der Waals surface area (Å²) in [6.45, 7) is 0.819. The molecule has 0 saturated heterocycles. The van der Waals surface area contributed by atoms with Crippen molar-refractivity contribution in [1.29, 1.82) is 0 Å². The summed E-state index contributed by atoms with van der Waals surface area (Å²) >= 11 is 6.84. The maximum atomic E-state index is 12.3. The largest absolute Gasteiger partial charge is 0.339 e. The molecule has 2 nitrogen and oxygen atoms in total. The van der Waals surface area contributed by atoms with E-state index in [1.807, 2.05) is 29.2 Å². The van der Waals surface area contributed by atoms with Crippen molar-refractivity contribution >= 4 is 37.8 Å². The van der Waals surface area contributed by atoms with Gasteiger partial charge in [-0.15, -0.1) is 0 Å². The third kappa shape index (κ3) is 3.58. The van der Waals surface area contributed by atoms with Crippen LogP contribution in [-0.4, -0.2) is 28.7 Å². The van der Waals surface area contributed by atoms with Gasteiger partial charge in [-0.25, -0.2) is 0 Å². The van der Waals surface area contributed by atoms with Gasteiger partial charge in [-0.3, -0.25) is 4.79 Å². The van der Waals surface area contributed by atoms with Crippen LogP contribution in [0.3, 0.4) is 0 Å². The Hall–Kier alpha value is -0.350. The van der Waals surface area contributed by atoms with Crippen LogP contribution < -0.4 is 0 Å². The topological polar surface area (TPSA) is 20.3 Å². The SMILES string of the molecule is O=C(Cc1ccc(Br)cc1)N(CCBr)C1CCC1. The second-order valence-corrected chi connectivity index (χ2v) is 6.37. The van der Waals surface area contributed by atoms with E-state index in [1.54, 1.807) is 0 Å². The fourth-order valence-electron chi connectivity index (χ4n) is 2.18. The molecule has 0 spiro atoms. The minimum Gasteiger partial charge on any atom is -0.339 e. The summed E-state index contributed by atoms with van der Waals surface area (Å²) in [5, 5.41) is 0.857. The fraction of sp³-hybridized carbons (Fsp3) is 0.500. The molecule has 0 heterocycles. The summed E-state index contributed by atoms with van der Waals surface area (Å²) in [5.41, 5.74) is 1.09. The number of benzene rings is 1. The van der Waals surface area contributed by atoms with Gasteiger partial charge in [0.15, 0.2) is 0 Å². The van der Waals surface area contributed by atoms with Crippen LogP contribution in [0.4, 0.5) is 0 Å². The van der Waals surface area contributed by atoms with Crippen molar-refractivity contribution in [3.63, 3.8) is 0 Å². The first-order valence-corrected chi connectivity index (χ1v) is 8.22. The Labute approximate surface area is 125 Å². The van der Waals surface area contributed by atoms with Crippen LogP contribution in [-0.2, 0) is 11.2 Å². The molecule has 2 rings (SSSR count). The highest BCUT2D eigenvalue weighted by Gasteiger charge is 2.27. The molecule has 4 heteroatoms. The van der Waals surface area contributed by atoms with Gasteiger partial charge >= 0.3 is 0 Å². The molecule has 98 valence electrons.